The van der Waals surface area contributed by atoms with Crippen LogP contribution in [0.2, 0.25) is 0 Å². The summed E-state index contributed by atoms with van der Waals surface area (Å²) < 4.78 is 3.86. The van der Waals surface area contributed by atoms with Crippen LogP contribution >= 0.6 is 0 Å². The molecule has 0 saturated carbocycles. The molecule has 1 aliphatic rings. The van der Waals surface area contributed by atoms with Crippen LogP contribution in [-0.4, -0.2) is 35.4 Å². The summed E-state index contributed by atoms with van der Waals surface area (Å²) >= 11 is -3.66. The SMILES string of the molecule is CCCCN1N=C(C(C)(C)C)[CH]([Ge]([c]2ccccc2)([c]2ccccc2)[c]2ccccc2)NC1=C(C#N)C#N. The third-order valence-corrected chi connectivity index (χ3v) is 17.6. The molecule has 6 heteroatoms. The van der Waals surface area contributed by atoms with E-state index in [4.69, 9.17) is 5.10 Å². The van der Waals surface area contributed by atoms with Gasteiger partial charge in [0.15, 0.2) is 0 Å². The molecule has 0 amide bonds. The van der Waals surface area contributed by atoms with E-state index >= 15 is 0 Å². The molecule has 0 aliphatic carbocycles. The number of hydrazone groups is 1. The van der Waals surface area contributed by atoms with E-state index in [9.17, 15) is 10.5 Å². The second-order valence-electron chi connectivity index (χ2n) is 10.6. The molecule has 1 N–H and O–H groups in total. The maximum absolute atomic E-state index is 9.96. The van der Waals surface area contributed by atoms with E-state index in [1.54, 1.807) is 0 Å². The Balaban J connectivity index is 2.14. The summed E-state index contributed by atoms with van der Waals surface area (Å²) in [5.74, 6) is 0.513. The molecule has 1 heterocycles. The standard InChI is InChI=1S/C32H35GeN5/c1-5-6-22-38-31(25(23-34)24-35)36-30(29(37-38)32(2,3)4)33(26-16-10-7-11-17-26,27-18-12-8-13-19-27)28-20-14-9-15-21-28/h7-21,30,36H,5-6,22H2,1-4H3. The number of nitriles is 2. The summed E-state index contributed by atoms with van der Waals surface area (Å²) in [5.41, 5.74) is 0.847. The van der Waals surface area contributed by atoms with Gasteiger partial charge in [0.2, 0.25) is 0 Å². The maximum atomic E-state index is 9.96. The van der Waals surface area contributed by atoms with Gasteiger partial charge in [0, 0.05) is 0 Å². The van der Waals surface area contributed by atoms with E-state index < -0.39 is 13.3 Å². The zero-order chi connectivity index (χ0) is 27.2. The van der Waals surface area contributed by atoms with Gasteiger partial charge in [0.05, 0.1) is 0 Å². The molecule has 5 nitrogen and oxygen atoms in total. The van der Waals surface area contributed by atoms with E-state index in [1.165, 1.54) is 13.2 Å². The van der Waals surface area contributed by atoms with Crippen LogP contribution in [0.3, 0.4) is 0 Å². The Morgan fingerprint density at radius 2 is 1.29 bits per heavy atom. The van der Waals surface area contributed by atoms with E-state index in [0.29, 0.717) is 12.4 Å². The molecule has 1 aliphatic heterocycles. The predicted molar refractivity (Wildman–Crippen MR) is 158 cm³/mol. The molecule has 0 bridgehead atoms. The average molecular weight is 562 g/mol. The molecule has 3 aromatic carbocycles. The fourth-order valence-corrected chi connectivity index (χ4v) is 16.7. The number of rotatable bonds is 7. The van der Waals surface area contributed by atoms with Crippen molar-refractivity contribution in [2.24, 2.45) is 10.5 Å². The van der Waals surface area contributed by atoms with Gasteiger partial charge in [0.1, 0.15) is 0 Å². The first-order valence-electron chi connectivity index (χ1n) is 13.2. The molecule has 192 valence electrons. The number of allylic oxidation sites excluding steroid dienone is 1. The monoisotopic (exact) mass is 563 g/mol. The van der Waals surface area contributed by atoms with Crippen molar-refractivity contribution in [1.29, 1.82) is 10.5 Å². The summed E-state index contributed by atoms with van der Waals surface area (Å²) in [6.07, 6.45) is 1.89. The Bertz CT molecular complexity index is 1260. The fraction of sp³-hybridized carbons (Fsp3) is 0.281. The van der Waals surface area contributed by atoms with Crippen LogP contribution in [0.1, 0.15) is 40.5 Å². The number of nitrogens with zero attached hydrogens (tertiary/aromatic N) is 4. The minimum atomic E-state index is -3.66. The average Bonchev–Trinajstić information content (AvgIpc) is 2.95. The minimum absolute atomic E-state index is 0.0632. The van der Waals surface area contributed by atoms with Gasteiger partial charge in [-0.05, 0) is 0 Å². The van der Waals surface area contributed by atoms with Gasteiger partial charge in [-0.2, -0.15) is 0 Å². The van der Waals surface area contributed by atoms with Crippen LogP contribution in [0, 0.1) is 28.1 Å². The molecule has 0 fully saturated rings. The predicted octanol–water partition coefficient (Wildman–Crippen LogP) is 4.43. The fourth-order valence-electron chi connectivity index (χ4n) is 5.32. The van der Waals surface area contributed by atoms with Crippen molar-refractivity contribution in [3.8, 4) is 12.1 Å². The number of unbranched alkanes of at least 4 members (excludes halogenated alkanes) is 1. The van der Waals surface area contributed by atoms with Gasteiger partial charge in [-0.15, -0.1) is 0 Å². The van der Waals surface area contributed by atoms with Crippen molar-refractivity contribution in [2.75, 3.05) is 6.54 Å². The summed E-state index contributed by atoms with van der Waals surface area (Å²) in [5, 5.41) is 30.9. The normalized spacial score (nSPS) is 15.6. The molecule has 1 unspecified atom stereocenters. The number of hydrogen-bond donors (Lipinski definition) is 1. The van der Waals surface area contributed by atoms with Gasteiger partial charge in [-0.25, -0.2) is 0 Å². The summed E-state index contributed by atoms with van der Waals surface area (Å²) in [7, 11) is 0. The molecular formula is C32H35GeN5. The van der Waals surface area contributed by atoms with E-state index in [1.807, 2.05) is 5.01 Å². The Hall–Kier alpha value is -3.81. The number of nitrogens with one attached hydrogen (secondary N) is 1. The zero-order valence-electron chi connectivity index (χ0n) is 22.6. The first-order chi connectivity index (χ1) is 18.4. The van der Waals surface area contributed by atoms with Crippen molar-refractivity contribution in [2.45, 2.75) is 45.4 Å². The quantitative estimate of drug-likeness (QED) is 0.342. The molecule has 1 atom stereocenters. The molecule has 4 rings (SSSR count). The summed E-state index contributed by atoms with van der Waals surface area (Å²) in [6.45, 7) is 9.39. The third-order valence-electron chi connectivity index (χ3n) is 7.11. The van der Waals surface area contributed by atoms with Gasteiger partial charge in [0.25, 0.3) is 0 Å². The molecule has 0 saturated heterocycles. The molecule has 3 aromatic rings. The molecule has 38 heavy (non-hydrogen) atoms. The number of benzene rings is 3. The third kappa shape index (κ3) is 5.12. The van der Waals surface area contributed by atoms with Gasteiger partial charge >= 0.3 is 230 Å². The van der Waals surface area contributed by atoms with Crippen molar-refractivity contribution in [3.63, 3.8) is 0 Å². The Morgan fingerprint density at radius 3 is 1.66 bits per heavy atom. The second-order valence-corrected chi connectivity index (χ2v) is 18.9. The van der Waals surface area contributed by atoms with E-state index in [0.717, 1.165) is 18.6 Å². The van der Waals surface area contributed by atoms with Crippen LogP contribution in [0.4, 0.5) is 0 Å². The topological polar surface area (TPSA) is 75.2 Å². The van der Waals surface area contributed by atoms with Crippen LogP contribution < -0.4 is 18.5 Å². The van der Waals surface area contributed by atoms with Crippen molar-refractivity contribution < 1.29 is 0 Å². The number of hydrogen-bond acceptors (Lipinski definition) is 5. The van der Waals surface area contributed by atoms with Gasteiger partial charge < -0.3 is 0 Å². The van der Waals surface area contributed by atoms with Gasteiger partial charge in [-0.1, -0.05) is 0 Å². The van der Waals surface area contributed by atoms with Crippen LogP contribution in [0.15, 0.2) is 107 Å². The molecule has 0 radical (unpaired) electrons. The molecule has 0 aromatic heterocycles. The van der Waals surface area contributed by atoms with Crippen LogP contribution in [-0.2, 0) is 0 Å². The van der Waals surface area contributed by atoms with Gasteiger partial charge in [-0.3, -0.25) is 0 Å². The molecular weight excluding hydrogens is 527 g/mol. The van der Waals surface area contributed by atoms with E-state index in [-0.39, 0.29) is 15.9 Å². The van der Waals surface area contributed by atoms with Crippen LogP contribution in [0.5, 0.6) is 0 Å². The van der Waals surface area contributed by atoms with E-state index in [2.05, 4.69) is 136 Å². The Kier molecular flexibility index (Phi) is 8.39. The Labute approximate surface area is 229 Å². The first-order valence-corrected chi connectivity index (χ1v) is 17.6. The second kappa shape index (κ2) is 11.7. The van der Waals surface area contributed by atoms with Crippen molar-refractivity contribution >= 4 is 32.2 Å². The Morgan fingerprint density at radius 1 is 0.842 bits per heavy atom. The van der Waals surface area contributed by atoms with Crippen molar-refractivity contribution in [1.82, 2.24) is 10.3 Å². The summed E-state index contributed by atoms with van der Waals surface area (Å²) in [6, 6.07) is 36.5. The first kappa shape index (κ1) is 27.2. The van der Waals surface area contributed by atoms with Crippen molar-refractivity contribution in [3.05, 3.63) is 102 Å². The zero-order valence-corrected chi connectivity index (χ0v) is 24.7. The summed E-state index contributed by atoms with van der Waals surface area (Å²) in [4.78, 5) is -0.188. The van der Waals surface area contributed by atoms with Crippen LogP contribution in [0.25, 0.3) is 0 Å². The molecule has 0 spiro atoms.